The molecule has 0 saturated carbocycles. The van der Waals surface area contributed by atoms with Gasteiger partial charge in [0.25, 0.3) is 0 Å². The lowest BCUT2D eigenvalue weighted by atomic mass is 10.2. The Labute approximate surface area is 95.8 Å². The third kappa shape index (κ3) is 4.16. The summed E-state index contributed by atoms with van der Waals surface area (Å²) >= 11 is 5.05. The molecule has 0 heterocycles. The number of thiocarbonyl (C=S) groups is 1. The first kappa shape index (κ1) is 11.8. The van der Waals surface area contributed by atoms with Crippen molar-refractivity contribution >= 4 is 17.3 Å². The topological polar surface area (TPSA) is 33.3 Å². The van der Waals surface area contributed by atoms with E-state index in [1.165, 1.54) is 5.56 Å². The largest absolute Gasteiger partial charge is 0.497 e. The van der Waals surface area contributed by atoms with E-state index in [9.17, 15) is 0 Å². The molecule has 0 aliphatic carbocycles. The van der Waals surface area contributed by atoms with Crippen LogP contribution < -0.4 is 15.4 Å². The molecular weight excluding hydrogens is 208 g/mol. The van der Waals surface area contributed by atoms with Crippen LogP contribution in [0.25, 0.3) is 0 Å². The van der Waals surface area contributed by atoms with Crippen molar-refractivity contribution in [3.63, 3.8) is 0 Å². The summed E-state index contributed by atoms with van der Waals surface area (Å²) in [6, 6.07) is 7.90. The molecule has 0 radical (unpaired) electrons. The first-order chi connectivity index (χ1) is 7.26. The zero-order valence-corrected chi connectivity index (χ0v) is 9.86. The fourth-order valence-corrected chi connectivity index (χ4v) is 1.37. The summed E-state index contributed by atoms with van der Waals surface area (Å²) < 4.78 is 5.07. The summed E-state index contributed by atoms with van der Waals surface area (Å²) in [5, 5.41) is 6.84. The summed E-state index contributed by atoms with van der Waals surface area (Å²) in [4.78, 5) is 0. The van der Waals surface area contributed by atoms with E-state index in [1.54, 1.807) is 7.11 Å². The van der Waals surface area contributed by atoms with E-state index >= 15 is 0 Å². The molecule has 1 rings (SSSR count). The van der Waals surface area contributed by atoms with E-state index in [-0.39, 0.29) is 0 Å². The molecule has 0 fully saturated rings. The third-order valence-electron chi connectivity index (χ3n) is 1.95. The van der Waals surface area contributed by atoms with E-state index in [4.69, 9.17) is 17.0 Å². The standard InChI is InChI=1S/C11H16N2OS/c1-3-12-11(15)13-8-9-4-6-10(14-2)7-5-9/h4-7H,3,8H2,1-2H3,(H2,12,13,15). The van der Waals surface area contributed by atoms with Crippen molar-refractivity contribution in [3.05, 3.63) is 29.8 Å². The fourth-order valence-electron chi connectivity index (χ4n) is 1.15. The average Bonchev–Trinajstić information content (AvgIpc) is 2.27. The van der Waals surface area contributed by atoms with Gasteiger partial charge in [-0.3, -0.25) is 0 Å². The van der Waals surface area contributed by atoms with Gasteiger partial charge in [-0.1, -0.05) is 12.1 Å². The van der Waals surface area contributed by atoms with E-state index in [0.717, 1.165) is 18.8 Å². The maximum absolute atomic E-state index is 5.07. The number of methoxy groups -OCH3 is 1. The molecule has 15 heavy (non-hydrogen) atoms. The minimum Gasteiger partial charge on any atom is -0.497 e. The highest BCUT2D eigenvalue weighted by Gasteiger charge is 1.95. The molecule has 0 spiro atoms. The molecule has 3 nitrogen and oxygen atoms in total. The van der Waals surface area contributed by atoms with Crippen LogP contribution in [0.2, 0.25) is 0 Å². The highest BCUT2D eigenvalue weighted by atomic mass is 32.1. The average molecular weight is 224 g/mol. The van der Waals surface area contributed by atoms with Crippen LogP contribution in [0.4, 0.5) is 0 Å². The Morgan fingerprint density at radius 3 is 2.47 bits per heavy atom. The van der Waals surface area contributed by atoms with E-state index in [1.807, 2.05) is 31.2 Å². The van der Waals surface area contributed by atoms with Crippen LogP contribution >= 0.6 is 12.2 Å². The number of nitrogens with one attached hydrogen (secondary N) is 2. The lowest BCUT2D eigenvalue weighted by molar-refractivity contribution is 0.414. The number of ether oxygens (including phenoxy) is 1. The second-order valence-corrected chi connectivity index (χ2v) is 3.47. The third-order valence-corrected chi connectivity index (χ3v) is 2.24. The van der Waals surface area contributed by atoms with Crippen molar-refractivity contribution in [2.75, 3.05) is 13.7 Å². The summed E-state index contributed by atoms with van der Waals surface area (Å²) in [5.74, 6) is 0.869. The highest BCUT2D eigenvalue weighted by molar-refractivity contribution is 7.80. The molecule has 0 aromatic heterocycles. The van der Waals surface area contributed by atoms with Gasteiger partial charge in [-0.2, -0.15) is 0 Å². The van der Waals surface area contributed by atoms with Crippen LogP contribution in [0.15, 0.2) is 24.3 Å². The molecule has 1 aromatic rings. The summed E-state index contributed by atoms with van der Waals surface area (Å²) in [6.07, 6.45) is 0. The maximum atomic E-state index is 5.07. The monoisotopic (exact) mass is 224 g/mol. The van der Waals surface area contributed by atoms with Crippen LogP contribution in [0, 0.1) is 0 Å². The Kier molecular flexibility index (Phi) is 4.90. The molecule has 1 aromatic carbocycles. The summed E-state index contributed by atoms with van der Waals surface area (Å²) in [6.45, 7) is 3.59. The van der Waals surface area contributed by atoms with Gasteiger partial charge in [0.2, 0.25) is 0 Å². The molecule has 0 unspecified atom stereocenters. The Morgan fingerprint density at radius 1 is 1.27 bits per heavy atom. The fraction of sp³-hybridized carbons (Fsp3) is 0.364. The molecule has 0 saturated heterocycles. The van der Waals surface area contributed by atoms with E-state index in [0.29, 0.717) is 5.11 Å². The number of rotatable bonds is 4. The Hall–Kier alpha value is -1.29. The van der Waals surface area contributed by atoms with Crippen molar-refractivity contribution in [1.82, 2.24) is 10.6 Å². The van der Waals surface area contributed by atoms with Crippen LogP contribution in [-0.4, -0.2) is 18.8 Å². The second kappa shape index (κ2) is 6.24. The number of benzene rings is 1. The lowest BCUT2D eigenvalue weighted by Gasteiger charge is -2.08. The smallest absolute Gasteiger partial charge is 0.166 e. The first-order valence-electron chi connectivity index (χ1n) is 4.91. The predicted molar refractivity (Wildman–Crippen MR) is 66.1 cm³/mol. The van der Waals surface area contributed by atoms with Gasteiger partial charge in [0, 0.05) is 13.1 Å². The normalized spacial score (nSPS) is 9.47. The van der Waals surface area contributed by atoms with Gasteiger partial charge >= 0.3 is 0 Å². The van der Waals surface area contributed by atoms with Crippen LogP contribution in [0.3, 0.4) is 0 Å². The van der Waals surface area contributed by atoms with E-state index < -0.39 is 0 Å². The quantitative estimate of drug-likeness (QED) is 0.762. The summed E-state index contributed by atoms with van der Waals surface area (Å²) in [5.41, 5.74) is 1.18. The van der Waals surface area contributed by atoms with Gasteiger partial charge in [0.15, 0.2) is 5.11 Å². The van der Waals surface area contributed by atoms with Crippen LogP contribution in [0.1, 0.15) is 12.5 Å². The Balaban J connectivity index is 2.40. The molecule has 0 bridgehead atoms. The number of hydrogen-bond donors (Lipinski definition) is 2. The van der Waals surface area contributed by atoms with Gasteiger partial charge in [0.1, 0.15) is 5.75 Å². The minimum absolute atomic E-state index is 0.688. The van der Waals surface area contributed by atoms with Crippen molar-refractivity contribution in [1.29, 1.82) is 0 Å². The Morgan fingerprint density at radius 2 is 1.93 bits per heavy atom. The van der Waals surface area contributed by atoms with Crippen LogP contribution in [0.5, 0.6) is 5.75 Å². The maximum Gasteiger partial charge on any atom is 0.166 e. The highest BCUT2D eigenvalue weighted by Crippen LogP contribution is 2.10. The van der Waals surface area contributed by atoms with Crippen LogP contribution in [-0.2, 0) is 6.54 Å². The summed E-state index contributed by atoms with van der Waals surface area (Å²) in [7, 11) is 1.66. The molecule has 82 valence electrons. The molecule has 4 heteroatoms. The number of hydrogen-bond acceptors (Lipinski definition) is 2. The molecule has 2 N–H and O–H groups in total. The minimum atomic E-state index is 0.688. The van der Waals surface area contributed by atoms with Crippen molar-refractivity contribution in [2.24, 2.45) is 0 Å². The van der Waals surface area contributed by atoms with Gasteiger partial charge in [0.05, 0.1) is 7.11 Å². The Bertz CT molecular complexity index is 311. The zero-order valence-electron chi connectivity index (χ0n) is 9.04. The van der Waals surface area contributed by atoms with Gasteiger partial charge in [-0.05, 0) is 36.8 Å². The predicted octanol–water partition coefficient (Wildman–Crippen LogP) is 1.68. The van der Waals surface area contributed by atoms with Gasteiger partial charge in [-0.15, -0.1) is 0 Å². The SMILES string of the molecule is CCNC(=S)NCc1ccc(OC)cc1. The van der Waals surface area contributed by atoms with Crippen molar-refractivity contribution < 1.29 is 4.74 Å². The van der Waals surface area contributed by atoms with E-state index in [2.05, 4.69) is 10.6 Å². The molecule has 0 aliphatic heterocycles. The zero-order chi connectivity index (χ0) is 11.1. The molecule has 0 aliphatic rings. The van der Waals surface area contributed by atoms with Gasteiger partial charge in [-0.25, -0.2) is 0 Å². The molecular formula is C11H16N2OS. The first-order valence-corrected chi connectivity index (χ1v) is 5.31. The van der Waals surface area contributed by atoms with Gasteiger partial charge < -0.3 is 15.4 Å². The lowest BCUT2D eigenvalue weighted by Crippen LogP contribution is -2.34. The van der Waals surface area contributed by atoms with Crippen molar-refractivity contribution in [3.8, 4) is 5.75 Å². The van der Waals surface area contributed by atoms with Crippen molar-refractivity contribution in [2.45, 2.75) is 13.5 Å². The molecule has 0 amide bonds. The molecule has 0 atom stereocenters. The second-order valence-electron chi connectivity index (χ2n) is 3.06.